The fourth-order valence-corrected chi connectivity index (χ4v) is 5.92. The van der Waals surface area contributed by atoms with E-state index in [1.807, 2.05) is 42.5 Å². The number of hydrogen-bond acceptors (Lipinski definition) is 11. The van der Waals surface area contributed by atoms with Gasteiger partial charge in [0, 0.05) is 12.5 Å². The summed E-state index contributed by atoms with van der Waals surface area (Å²) >= 11 is 0. The molecule has 1 aliphatic rings. The minimum Gasteiger partial charge on any atom is -0.493 e. The molecule has 0 radical (unpaired) electrons. The van der Waals surface area contributed by atoms with Gasteiger partial charge in [-0.05, 0) is 105 Å². The summed E-state index contributed by atoms with van der Waals surface area (Å²) in [5.74, 6) is -0.561. The average molecular weight is 684 g/mol. The number of unbranched alkanes of at least 4 members (excludes halogenated alkanes) is 2. The fraction of sp³-hybridized carbons (Fsp3) is 0.514. The Kier molecular flexibility index (Phi) is 17.3. The molecule has 2 aromatic rings. The Balaban J connectivity index is 1.35. The zero-order valence-electron chi connectivity index (χ0n) is 28.1. The highest BCUT2D eigenvalue weighted by molar-refractivity contribution is 5.87. The number of carbonyl (C=O) groups excluding carboxylic acids is 2. The molecule has 0 bridgehead atoms. The molecule has 1 saturated carbocycles. The van der Waals surface area contributed by atoms with E-state index in [1.165, 1.54) is 24.8 Å². The van der Waals surface area contributed by atoms with E-state index in [0.29, 0.717) is 69.1 Å². The summed E-state index contributed by atoms with van der Waals surface area (Å²) in [5.41, 5.74) is 1.81. The van der Waals surface area contributed by atoms with Gasteiger partial charge >= 0.3 is 11.9 Å². The summed E-state index contributed by atoms with van der Waals surface area (Å²) in [6.45, 7) is 0.0477. The molecule has 0 amide bonds. The summed E-state index contributed by atoms with van der Waals surface area (Å²) in [7, 11) is 1.45. The van der Waals surface area contributed by atoms with Crippen LogP contribution in [-0.4, -0.2) is 71.0 Å². The van der Waals surface area contributed by atoms with Crippen molar-refractivity contribution >= 4 is 18.0 Å². The Morgan fingerprint density at radius 2 is 1.73 bits per heavy atom. The van der Waals surface area contributed by atoms with Crippen LogP contribution in [0.2, 0.25) is 0 Å². The number of nitrogens with zero attached hydrogens (tertiary/aromatic N) is 1. The molecule has 0 saturated heterocycles. The predicted molar refractivity (Wildman–Crippen MR) is 182 cm³/mol. The van der Waals surface area contributed by atoms with E-state index in [2.05, 4.69) is 4.84 Å². The van der Waals surface area contributed by atoms with E-state index in [1.54, 1.807) is 18.2 Å². The van der Waals surface area contributed by atoms with Crippen molar-refractivity contribution in [3.05, 3.63) is 88.0 Å². The van der Waals surface area contributed by atoms with Gasteiger partial charge in [0.25, 0.3) is 5.09 Å². The standard InChI is InChI=1S/C37H49NO11/c1-46-35-25-28(17-22-36(42)47-23-9-10-24-48-38(44)45)16-21-34(35)49-37(43)14-8-3-2-7-13-30-31(33(41)26-32(30)40)20-19-29(39)18-15-27-11-5-4-6-12-27/h2,4-7,11-12,16-17,21-22,25,29-33,39-41H,3,8-10,13-15,18-20,23-24,26H2,1H3/t29-,30+,31+,32-,33+/m0/s1. The molecular weight excluding hydrogens is 634 g/mol. The number of carbonyl (C=O) groups is 2. The Bertz CT molecular complexity index is 1360. The van der Waals surface area contributed by atoms with Crippen LogP contribution in [0.5, 0.6) is 11.5 Å². The SMILES string of the molecule is COc1cc(C=CC(=O)OCCCCO[N+](=O)[O-])ccc1OC(=O)CCCC=CC[C@@H]1[C@@H](CC[C@@H](O)CCc2ccccc2)[C@H](O)C[C@@H]1O. The third-order valence-corrected chi connectivity index (χ3v) is 8.59. The second kappa shape index (κ2) is 21.7. The number of hydrogen-bond donors (Lipinski definition) is 3. The molecule has 1 fully saturated rings. The number of esters is 2. The van der Waals surface area contributed by atoms with Gasteiger partial charge in [-0.3, -0.25) is 4.79 Å². The number of aryl methyl sites for hydroxylation is 1. The molecule has 12 heteroatoms. The number of methoxy groups -OCH3 is 1. The lowest BCUT2D eigenvalue weighted by Gasteiger charge is -2.23. The summed E-state index contributed by atoms with van der Waals surface area (Å²) < 4.78 is 15.9. The van der Waals surface area contributed by atoms with Crippen LogP contribution in [0, 0.1) is 22.0 Å². The molecule has 2 aromatic carbocycles. The van der Waals surface area contributed by atoms with Crippen LogP contribution in [0.15, 0.2) is 66.8 Å². The number of benzene rings is 2. The van der Waals surface area contributed by atoms with Crippen molar-refractivity contribution in [2.24, 2.45) is 11.8 Å². The lowest BCUT2D eigenvalue weighted by atomic mass is 9.85. The molecule has 0 aliphatic heterocycles. The van der Waals surface area contributed by atoms with E-state index in [-0.39, 0.29) is 37.2 Å². The first-order valence-corrected chi connectivity index (χ1v) is 16.9. The second-order valence-corrected chi connectivity index (χ2v) is 12.2. The predicted octanol–water partition coefficient (Wildman–Crippen LogP) is 5.39. The second-order valence-electron chi connectivity index (χ2n) is 12.2. The maximum Gasteiger partial charge on any atom is 0.330 e. The molecule has 3 rings (SSSR count). The highest BCUT2D eigenvalue weighted by atomic mass is 16.9. The Labute approximate surface area is 287 Å². The molecule has 49 heavy (non-hydrogen) atoms. The normalized spacial score (nSPS) is 19.6. The summed E-state index contributed by atoms with van der Waals surface area (Å²) in [6.07, 6.45) is 11.0. The molecular formula is C37H49NO11. The van der Waals surface area contributed by atoms with Gasteiger partial charge in [0.1, 0.15) is 0 Å². The maximum atomic E-state index is 12.5. The quantitative estimate of drug-likeness (QED) is 0.0276. The summed E-state index contributed by atoms with van der Waals surface area (Å²) in [5, 5.41) is 40.9. The smallest absolute Gasteiger partial charge is 0.330 e. The third-order valence-electron chi connectivity index (χ3n) is 8.59. The van der Waals surface area contributed by atoms with Crippen molar-refractivity contribution in [2.45, 2.75) is 88.9 Å². The van der Waals surface area contributed by atoms with Gasteiger partial charge in [0.15, 0.2) is 11.5 Å². The minimum absolute atomic E-state index is 0.0579. The topological polar surface area (TPSA) is 175 Å². The fourth-order valence-electron chi connectivity index (χ4n) is 5.92. The van der Waals surface area contributed by atoms with Gasteiger partial charge < -0.3 is 34.4 Å². The zero-order valence-corrected chi connectivity index (χ0v) is 28.1. The van der Waals surface area contributed by atoms with Crippen molar-refractivity contribution in [3.8, 4) is 11.5 Å². The molecule has 0 unspecified atom stereocenters. The lowest BCUT2D eigenvalue weighted by Crippen LogP contribution is -2.23. The van der Waals surface area contributed by atoms with E-state index in [9.17, 15) is 35.0 Å². The van der Waals surface area contributed by atoms with Gasteiger partial charge in [-0.2, -0.15) is 0 Å². The number of aliphatic hydroxyl groups is 3. The number of aliphatic hydroxyl groups excluding tert-OH is 3. The van der Waals surface area contributed by atoms with Gasteiger partial charge in [0.2, 0.25) is 0 Å². The Hall–Kier alpha value is -4.26. The number of allylic oxidation sites excluding steroid dienone is 2. The summed E-state index contributed by atoms with van der Waals surface area (Å²) in [4.78, 5) is 38.7. The Morgan fingerprint density at radius 3 is 2.49 bits per heavy atom. The number of ether oxygens (including phenoxy) is 3. The molecule has 5 atom stereocenters. The largest absolute Gasteiger partial charge is 0.493 e. The first-order chi connectivity index (χ1) is 23.7. The highest BCUT2D eigenvalue weighted by Gasteiger charge is 2.40. The van der Waals surface area contributed by atoms with Gasteiger partial charge in [0.05, 0.1) is 38.6 Å². The van der Waals surface area contributed by atoms with Gasteiger partial charge in [-0.15, -0.1) is 10.1 Å². The third kappa shape index (κ3) is 14.8. The highest BCUT2D eigenvalue weighted by Crippen LogP contribution is 2.38. The maximum absolute atomic E-state index is 12.5. The minimum atomic E-state index is -0.868. The van der Waals surface area contributed by atoms with Crippen LogP contribution in [0.1, 0.15) is 75.3 Å². The number of rotatable bonds is 22. The molecule has 12 nitrogen and oxygen atoms in total. The van der Waals surface area contributed by atoms with Crippen LogP contribution in [-0.2, 0) is 25.6 Å². The molecule has 268 valence electrons. The zero-order chi connectivity index (χ0) is 35.4. The first kappa shape index (κ1) is 39.2. The monoisotopic (exact) mass is 683 g/mol. The Morgan fingerprint density at radius 1 is 0.980 bits per heavy atom. The van der Waals surface area contributed by atoms with Crippen LogP contribution in [0.25, 0.3) is 6.08 Å². The summed E-state index contributed by atoms with van der Waals surface area (Å²) in [6, 6.07) is 14.9. The van der Waals surface area contributed by atoms with E-state index < -0.39 is 35.3 Å². The van der Waals surface area contributed by atoms with Crippen LogP contribution in [0.4, 0.5) is 0 Å². The molecule has 0 heterocycles. The van der Waals surface area contributed by atoms with Crippen LogP contribution in [0.3, 0.4) is 0 Å². The lowest BCUT2D eigenvalue weighted by molar-refractivity contribution is -0.757. The van der Waals surface area contributed by atoms with Crippen molar-refractivity contribution in [1.82, 2.24) is 0 Å². The molecule has 0 spiro atoms. The average Bonchev–Trinajstić information content (AvgIpc) is 3.36. The molecule has 3 N–H and O–H groups in total. The molecule has 1 aliphatic carbocycles. The first-order valence-electron chi connectivity index (χ1n) is 16.9. The van der Waals surface area contributed by atoms with E-state index >= 15 is 0 Å². The molecule has 0 aromatic heterocycles. The van der Waals surface area contributed by atoms with E-state index in [0.717, 1.165) is 6.42 Å². The van der Waals surface area contributed by atoms with Crippen molar-refractivity contribution in [3.63, 3.8) is 0 Å². The van der Waals surface area contributed by atoms with Gasteiger partial charge in [-0.25, -0.2) is 4.79 Å². The van der Waals surface area contributed by atoms with Crippen molar-refractivity contribution < 1.29 is 49.0 Å². The van der Waals surface area contributed by atoms with Crippen molar-refractivity contribution in [2.75, 3.05) is 20.3 Å². The van der Waals surface area contributed by atoms with Crippen molar-refractivity contribution in [1.29, 1.82) is 0 Å². The van der Waals surface area contributed by atoms with Crippen LogP contribution < -0.4 is 9.47 Å². The van der Waals surface area contributed by atoms with E-state index in [4.69, 9.17) is 14.2 Å². The van der Waals surface area contributed by atoms with Crippen LogP contribution >= 0.6 is 0 Å². The van der Waals surface area contributed by atoms with Gasteiger partial charge in [-0.1, -0.05) is 48.6 Å².